The van der Waals surface area contributed by atoms with Crippen LogP contribution in [0.2, 0.25) is 0 Å². The Balaban J connectivity index is 2.20. The van der Waals surface area contributed by atoms with Crippen LogP contribution in [-0.4, -0.2) is 21.3 Å². The molecule has 0 unspecified atom stereocenters. The van der Waals surface area contributed by atoms with Crippen LogP contribution in [0.15, 0.2) is 34.3 Å². The molecule has 4 nitrogen and oxygen atoms in total. The summed E-state index contributed by atoms with van der Waals surface area (Å²) in [7, 11) is 1.99. The highest BCUT2D eigenvalue weighted by atomic mass is 32.2. The molecule has 1 heterocycles. The fourth-order valence-corrected chi connectivity index (χ4v) is 2.55. The van der Waals surface area contributed by atoms with E-state index in [1.54, 1.807) is 11.8 Å². The number of benzene rings is 1. The molecule has 2 rings (SSSR count). The van der Waals surface area contributed by atoms with E-state index in [4.69, 9.17) is 0 Å². The molecule has 1 N–H and O–H groups in total. The second-order valence-electron chi connectivity index (χ2n) is 4.08. The predicted molar refractivity (Wildman–Crippen MR) is 73.7 cm³/mol. The fourth-order valence-electron chi connectivity index (χ4n) is 1.58. The average molecular weight is 262 g/mol. The lowest BCUT2D eigenvalue weighted by Gasteiger charge is -2.08. The summed E-state index contributed by atoms with van der Waals surface area (Å²) in [5, 5.41) is 12.5. The number of nitrogens with zero attached hydrogens (tertiary/aromatic N) is 3. The van der Waals surface area contributed by atoms with Crippen molar-refractivity contribution in [3.8, 4) is 0 Å². The van der Waals surface area contributed by atoms with Gasteiger partial charge >= 0.3 is 0 Å². The summed E-state index contributed by atoms with van der Waals surface area (Å²) in [6, 6.07) is 8.40. The Labute approximate surface area is 112 Å². The lowest BCUT2D eigenvalue weighted by molar-refractivity contribution is 0.716. The maximum atomic E-state index is 4.19. The summed E-state index contributed by atoms with van der Waals surface area (Å²) in [6.45, 7) is 5.93. The zero-order chi connectivity index (χ0) is 13.0. The van der Waals surface area contributed by atoms with Crippen molar-refractivity contribution in [1.29, 1.82) is 0 Å². The molecule has 0 saturated heterocycles. The first-order valence-electron chi connectivity index (χ1n) is 6.05. The number of nitrogens with one attached hydrogen (secondary N) is 1. The first-order chi connectivity index (χ1) is 8.72. The van der Waals surface area contributed by atoms with Gasteiger partial charge in [-0.15, -0.1) is 10.2 Å². The molecule has 1 aromatic carbocycles. The summed E-state index contributed by atoms with van der Waals surface area (Å²) in [5.41, 5.74) is 1.30. The molecular weight excluding hydrogens is 244 g/mol. The third-order valence-electron chi connectivity index (χ3n) is 2.79. The van der Waals surface area contributed by atoms with E-state index >= 15 is 0 Å². The van der Waals surface area contributed by atoms with Crippen LogP contribution < -0.4 is 5.32 Å². The molecule has 0 spiro atoms. The topological polar surface area (TPSA) is 42.7 Å². The van der Waals surface area contributed by atoms with Crippen LogP contribution in [0.4, 0.5) is 0 Å². The van der Waals surface area contributed by atoms with Gasteiger partial charge in [-0.25, -0.2) is 0 Å². The van der Waals surface area contributed by atoms with Gasteiger partial charge in [-0.2, -0.15) is 0 Å². The average Bonchev–Trinajstić information content (AvgIpc) is 2.70. The van der Waals surface area contributed by atoms with Crippen molar-refractivity contribution in [2.24, 2.45) is 7.05 Å². The molecule has 0 aliphatic rings. The Bertz CT molecular complexity index is 521. The van der Waals surface area contributed by atoms with Gasteiger partial charge in [-0.1, -0.05) is 25.1 Å². The molecule has 5 heteroatoms. The van der Waals surface area contributed by atoms with Gasteiger partial charge in [-0.05, 0) is 36.9 Å². The van der Waals surface area contributed by atoms with E-state index in [9.17, 15) is 0 Å². The standard InChI is InChI=1S/C13H18N4S/c1-4-14-9-11-7-5-6-8-12(11)18-13-16-15-10(2)17(13)3/h5-8,14H,4,9H2,1-3H3. The SMILES string of the molecule is CCNCc1ccccc1Sc1nnc(C)n1C. The zero-order valence-corrected chi connectivity index (χ0v) is 11.8. The minimum absolute atomic E-state index is 0.885. The Morgan fingerprint density at radius 3 is 2.72 bits per heavy atom. The van der Waals surface area contributed by atoms with Gasteiger partial charge < -0.3 is 9.88 Å². The van der Waals surface area contributed by atoms with E-state index < -0.39 is 0 Å². The zero-order valence-electron chi connectivity index (χ0n) is 11.0. The maximum Gasteiger partial charge on any atom is 0.195 e. The van der Waals surface area contributed by atoms with Gasteiger partial charge in [0.25, 0.3) is 0 Å². The summed E-state index contributed by atoms with van der Waals surface area (Å²) < 4.78 is 2.01. The first kappa shape index (κ1) is 13.1. The van der Waals surface area contributed by atoms with Crippen molar-refractivity contribution in [2.75, 3.05) is 6.54 Å². The van der Waals surface area contributed by atoms with Crippen LogP contribution in [0.1, 0.15) is 18.3 Å². The third kappa shape index (κ3) is 2.91. The van der Waals surface area contributed by atoms with Gasteiger partial charge in [0.15, 0.2) is 5.16 Å². The molecule has 0 bridgehead atoms. The first-order valence-corrected chi connectivity index (χ1v) is 6.86. The quantitative estimate of drug-likeness (QED) is 0.898. The van der Waals surface area contributed by atoms with Crippen LogP contribution in [0.3, 0.4) is 0 Å². The molecule has 0 fully saturated rings. The van der Waals surface area contributed by atoms with Gasteiger partial charge in [0.1, 0.15) is 5.82 Å². The van der Waals surface area contributed by atoms with Crippen LogP contribution in [-0.2, 0) is 13.6 Å². The van der Waals surface area contributed by atoms with Crippen LogP contribution >= 0.6 is 11.8 Å². The number of hydrogen-bond donors (Lipinski definition) is 1. The number of rotatable bonds is 5. The summed E-state index contributed by atoms with van der Waals surface area (Å²) >= 11 is 1.66. The van der Waals surface area contributed by atoms with Crippen molar-refractivity contribution < 1.29 is 0 Å². The van der Waals surface area contributed by atoms with E-state index in [-0.39, 0.29) is 0 Å². The Kier molecular flexibility index (Phi) is 4.38. The summed E-state index contributed by atoms with van der Waals surface area (Å²) in [5.74, 6) is 0.932. The normalized spacial score (nSPS) is 10.8. The van der Waals surface area contributed by atoms with Crippen LogP contribution in [0, 0.1) is 6.92 Å². The molecule has 96 valence electrons. The largest absolute Gasteiger partial charge is 0.313 e. The number of hydrogen-bond acceptors (Lipinski definition) is 4. The second kappa shape index (κ2) is 6.02. The summed E-state index contributed by atoms with van der Waals surface area (Å²) in [4.78, 5) is 1.23. The van der Waals surface area contributed by atoms with Gasteiger partial charge in [-0.3, -0.25) is 0 Å². The molecule has 0 radical (unpaired) electrons. The molecular formula is C13H18N4S. The highest BCUT2D eigenvalue weighted by molar-refractivity contribution is 7.99. The Morgan fingerprint density at radius 2 is 2.06 bits per heavy atom. The highest BCUT2D eigenvalue weighted by Crippen LogP contribution is 2.28. The molecule has 0 aliphatic heterocycles. The van der Waals surface area contributed by atoms with Crippen molar-refractivity contribution in [1.82, 2.24) is 20.1 Å². The van der Waals surface area contributed by atoms with E-state index in [0.717, 1.165) is 24.1 Å². The van der Waals surface area contributed by atoms with Gasteiger partial charge in [0, 0.05) is 18.5 Å². The van der Waals surface area contributed by atoms with Crippen molar-refractivity contribution in [2.45, 2.75) is 30.4 Å². The third-order valence-corrected chi connectivity index (χ3v) is 3.95. The Morgan fingerprint density at radius 1 is 1.28 bits per heavy atom. The minimum atomic E-state index is 0.885. The predicted octanol–water partition coefficient (Wildman–Crippen LogP) is 2.38. The molecule has 2 aromatic rings. The molecule has 18 heavy (non-hydrogen) atoms. The monoisotopic (exact) mass is 262 g/mol. The second-order valence-corrected chi connectivity index (χ2v) is 5.09. The molecule has 0 aliphatic carbocycles. The van der Waals surface area contributed by atoms with Crippen molar-refractivity contribution in [3.63, 3.8) is 0 Å². The van der Waals surface area contributed by atoms with Gasteiger partial charge in [0.2, 0.25) is 0 Å². The lowest BCUT2D eigenvalue weighted by Crippen LogP contribution is -2.12. The van der Waals surface area contributed by atoms with Crippen molar-refractivity contribution in [3.05, 3.63) is 35.7 Å². The molecule has 0 atom stereocenters. The van der Waals surface area contributed by atoms with Crippen LogP contribution in [0.5, 0.6) is 0 Å². The molecule has 0 amide bonds. The number of aryl methyl sites for hydroxylation is 1. The number of aromatic nitrogens is 3. The molecule has 0 saturated carbocycles. The lowest BCUT2D eigenvalue weighted by atomic mass is 10.2. The van der Waals surface area contributed by atoms with E-state index in [1.807, 2.05) is 18.5 Å². The summed E-state index contributed by atoms with van der Waals surface area (Å²) in [6.07, 6.45) is 0. The van der Waals surface area contributed by atoms with Gasteiger partial charge in [0.05, 0.1) is 0 Å². The van der Waals surface area contributed by atoms with E-state index in [2.05, 4.69) is 46.7 Å². The smallest absolute Gasteiger partial charge is 0.195 e. The van der Waals surface area contributed by atoms with Crippen LogP contribution in [0.25, 0.3) is 0 Å². The van der Waals surface area contributed by atoms with E-state index in [1.165, 1.54) is 10.5 Å². The Hall–Kier alpha value is -1.33. The minimum Gasteiger partial charge on any atom is -0.313 e. The van der Waals surface area contributed by atoms with E-state index in [0.29, 0.717) is 0 Å². The maximum absolute atomic E-state index is 4.19. The molecule has 1 aromatic heterocycles. The van der Waals surface area contributed by atoms with Crippen molar-refractivity contribution >= 4 is 11.8 Å². The highest BCUT2D eigenvalue weighted by Gasteiger charge is 2.09. The fraction of sp³-hybridized carbons (Fsp3) is 0.385.